The molecule has 4 rings (SSSR count). The Hall–Kier alpha value is -3.27. The molecule has 170 valence electrons. The third-order valence-electron chi connectivity index (χ3n) is 5.42. The number of benzene rings is 2. The van der Waals surface area contributed by atoms with Crippen LogP contribution in [0.2, 0.25) is 0 Å². The highest BCUT2D eigenvalue weighted by Crippen LogP contribution is 2.36. The van der Waals surface area contributed by atoms with Crippen molar-refractivity contribution in [3.8, 4) is 11.5 Å². The molecule has 2 aromatic rings. The maximum atomic E-state index is 13.3. The molecule has 0 radical (unpaired) electrons. The number of methoxy groups -OCH3 is 1. The molecule has 2 heterocycles. The summed E-state index contributed by atoms with van der Waals surface area (Å²) in [6, 6.07) is 9.46. The van der Waals surface area contributed by atoms with E-state index in [1.807, 2.05) is 6.92 Å². The number of nitrogens with zero attached hydrogens (tertiary/aromatic N) is 2. The molecular formula is C22H25N3O6S. The van der Waals surface area contributed by atoms with E-state index in [0.717, 1.165) is 12.8 Å². The van der Waals surface area contributed by atoms with Crippen molar-refractivity contribution in [3.05, 3.63) is 36.4 Å². The fourth-order valence-electron chi connectivity index (χ4n) is 3.91. The molecule has 1 saturated heterocycles. The Morgan fingerprint density at radius 2 is 1.94 bits per heavy atom. The zero-order valence-electron chi connectivity index (χ0n) is 18.0. The average molecular weight is 460 g/mol. The smallest absolute Gasteiger partial charge is 0.265 e. The van der Waals surface area contributed by atoms with Crippen LogP contribution in [0.5, 0.6) is 11.5 Å². The number of hydrogen-bond donors (Lipinski definition) is 1. The molecule has 32 heavy (non-hydrogen) atoms. The van der Waals surface area contributed by atoms with E-state index in [0.29, 0.717) is 36.6 Å². The molecule has 1 fully saturated rings. The molecule has 0 unspecified atom stereocenters. The number of ether oxygens (including phenoxy) is 2. The summed E-state index contributed by atoms with van der Waals surface area (Å²) in [5, 5.41) is 0. The summed E-state index contributed by atoms with van der Waals surface area (Å²) in [4.78, 5) is 27.5. The molecule has 0 saturated carbocycles. The lowest BCUT2D eigenvalue weighted by Gasteiger charge is -2.29. The van der Waals surface area contributed by atoms with Crippen LogP contribution >= 0.6 is 0 Å². The van der Waals surface area contributed by atoms with Gasteiger partial charge in [-0.15, -0.1) is 0 Å². The third kappa shape index (κ3) is 4.10. The number of anilines is 3. The Morgan fingerprint density at radius 1 is 1.12 bits per heavy atom. The van der Waals surface area contributed by atoms with Crippen molar-refractivity contribution in [1.82, 2.24) is 0 Å². The maximum Gasteiger partial charge on any atom is 0.265 e. The normalized spacial score (nSPS) is 16.1. The van der Waals surface area contributed by atoms with E-state index in [9.17, 15) is 18.0 Å². The van der Waals surface area contributed by atoms with E-state index >= 15 is 0 Å². The topological polar surface area (TPSA) is 105 Å². The van der Waals surface area contributed by atoms with Crippen LogP contribution in [0.1, 0.15) is 26.2 Å². The summed E-state index contributed by atoms with van der Waals surface area (Å²) in [5.74, 6) is 0.468. The first-order chi connectivity index (χ1) is 15.3. The molecule has 2 amide bonds. The average Bonchev–Trinajstić information content (AvgIpc) is 3.21. The summed E-state index contributed by atoms with van der Waals surface area (Å²) >= 11 is 0. The monoisotopic (exact) mass is 459 g/mol. The van der Waals surface area contributed by atoms with Crippen LogP contribution in [0, 0.1) is 0 Å². The second-order valence-corrected chi connectivity index (χ2v) is 9.26. The van der Waals surface area contributed by atoms with E-state index in [2.05, 4.69) is 4.72 Å². The first-order valence-electron chi connectivity index (χ1n) is 10.4. The molecule has 2 aliphatic rings. The quantitative estimate of drug-likeness (QED) is 0.683. The van der Waals surface area contributed by atoms with Crippen molar-refractivity contribution >= 4 is 38.9 Å². The Kier molecular flexibility index (Phi) is 5.96. The van der Waals surface area contributed by atoms with Crippen LogP contribution in [0.25, 0.3) is 0 Å². The van der Waals surface area contributed by atoms with Crippen molar-refractivity contribution in [1.29, 1.82) is 0 Å². The fraction of sp³-hybridized carbons (Fsp3) is 0.364. The number of carbonyl (C=O) groups excluding carboxylic acids is 2. The number of rotatable bonds is 7. The van der Waals surface area contributed by atoms with E-state index < -0.39 is 10.0 Å². The van der Waals surface area contributed by atoms with Gasteiger partial charge in [0.25, 0.3) is 15.9 Å². The lowest BCUT2D eigenvalue weighted by molar-refractivity contribution is -0.121. The van der Waals surface area contributed by atoms with Crippen LogP contribution in [0.15, 0.2) is 41.3 Å². The largest absolute Gasteiger partial charge is 0.495 e. The van der Waals surface area contributed by atoms with Crippen LogP contribution < -0.4 is 24.0 Å². The number of carbonyl (C=O) groups is 2. The van der Waals surface area contributed by atoms with Gasteiger partial charge in [0, 0.05) is 25.2 Å². The third-order valence-corrected chi connectivity index (χ3v) is 6.83. The summed E-state index contributed by atoms with van der Waals surface area (Å²) < 4.78 is 39.8. The lowest BCUT2D eigenvalue weighted by Crippen LogP contribution is -2.39. The van der Waals surface area contributed by atoms with Gasteiger partial charge in [-0.2, -0.15) is 0 Å². The molecule has 0 aromatic heterocycles. The molecule has 0 atom stereocenters. The summed E-state index contributed by atoms with van der Waals surface area (Å²) in [5.41, 5.74) is 1.31. The highest BCUT2D eigenvalue weighted by molar-refractivity contribution is 7.92. The minimum Gasteiger partial charge on any atom is -0.495 e. The van der Waals surface area contributed by atoms with Gasteiger partial charge in [-0.1, -0.05) is 6.92 Å². The van der Waals surface area contributed by atoms with Gasteiger partial charge in [0.1, 0.15) is 16.4 Å². The van der Waals surface area contributed by atoms with Gasteiger partial charge < -0.3 is 19.3 Å². The van der Waals surface area contributed by atoms with Gasteiger partial charge in [-0.05, 0) is 49.2 Å². The van der Waals surface area contributed by atoms with Crippen molar-refractivity contribution < 1.29 is 27.5 Å². The van der Waals surface area contributed by atoms with Gasteiger partial charge in [0.2, 0.25) is 5.91 Å². The zero-order valence-corrected chi connectivity index (χ0v) is 18.8. The van der Waals surface area contributed by atoms with Gasteiger partial charge >= 0.3 is 0 Å². The predicted molar refractivity (Wildman–Crippen MR) is 120 cm³/mol. The molecule has 0 aliphatic carbocycles. The van der Waals surface area contributed by atoms with Crippen LogP contribution in [-0.4, -0.2) is 47.0 Å². The van der Waals surface area contributed by atoms with E-state index in [1.54, 1.807) is 34.1 Å². The first kappa shape index (κ1) is 21.9. The first-order valence-corrected chi connectivity index (χ1v) is 11.9. The standard InChI is InChI=1S/C22H25N3O6S/c1-3-10-25-17-12-15(6-8-18(17)31-14-22(25)27)23-32(28,29)20-13-16(7-9-19(20)30-2)24-11-4-5-21(24)26/h6-9,12-13,23H,3-5,10-11,14H2,1-2H3. The predicted octanol–water partition coefficient (Wildman–Crippen LogP) is 2.76. The Morgan fingerprint density at radius 3 is 2.62 bits per heavy atom. The lowest BCUT2D eigenvalue weighted by atomic mass is 10.2. The Balaban J connectivity index is 1.68. The highest BCUT2D eigenvalue weighted by atomic mass is 32.2. The van der Waals surface area contributed by atoms with Gasteiger partial charge in [0.05, 0.1) is 18.5 Å². The fourth-order valence-corrected chi connectivity index (χ4v) is 5.15. The molecule has 2 aliphatic heterocycles. The van der Waals surface area contributed by atoms with Crippen LogP contribution in [-0.2, 0) is 19.6 Å². The Labute approximate surface area is 187 Å². The number of hydrogen-bond acceptors (Lipinski definition) is 6. The van der Waals surface area contributed by atoms with Crippen molar-refractivity contribution in [2.24, 2.45) is 0 Å². The number of amides is 2. The van der Waals surface area contributed by atoms with E-state index in [4.69, 9.17) is 9.47 Å². The number of sulfonamides is 1. The highest BCUT2D eigenvalue weighted by Gasteiger charge is 2.28. The summed E-state index contributed by atoms with van der Waals surface area (Å²) in [6.07, 6.45) is 1.92. The van der Waals surface area contributed by atoms with Gasteiger partial charge in [-0.3, -0.25) is 14.3 Å². The number of fused-ring (bicyclic) bond motifs is 1. The minimum atomic E-state index is -4.05. The molecule has 10 heteroatoms. The van der Waals surface area contributed by atoms with Crippen molar-refractivity contribution in [2.45, 2.75) is 31.1 Å². The van der Waals surface area contributed by atoms with Crippen LogP contribution in [0.3, 0.4) is 0 Å². The summed E-state index contributed by atoms with van der Waals surface area (Å²) in [6.45, 7) is 2.96. The maximum absolute atomic E-state index is 13.3. The summed E-state index contributed by atoms with van der Waals surface area (Å²) in [7, 11) is -2.66. The van der Waals surface area contributed by atoms with E-state index in [1.165, 1.54) is 19.2 Å². The molecule has 9 nitrogen and oxygen atoms in total. The molecule has 0 bridgehead atoms. The molecule has 0 spiro atoms. The van der Waals surface area contributed by atoms with Crippen molar-refractivity contribution in [3.63, 3.8) is 0 Å². The van der Waals surface area contributed by atoms with E-state index in [-0.39, 0.29) is 34.8 Å². The van der Waals surface area contributed by atoms with Crippen LogP contribution in [0.4, 0.5) is 17.1 Å². The minimum absolute atomic E-state index is 0.0400. The Bertz CT molecular complexity index is 1160. The zero-order chi connectivity index (χ0) is 22.9. The second kappa shape index (κ2) is 8.70. The van der Waals surface area contributed by atoms with Gasteiger partial charge in [0.15, 0.2) is 6.61 Å². The molecule has 1 N–H and O–H groups in total. The molecule has 2 aromatic carbocycles. The number of nitrogens with one attached hydrogen (secondary N) is 1. The SMILES string of the molecule is CCCN1C(=O)COc2ccc(NS(=O)(=O)c3cc(N4CCCC4=O)ccc3OC)cc21. The molecular weight excluding hydrogens is 434 g/mol. The second-order valence-electron chi connectivity index (χ2n) is 7.61. The van der Waals surface area contributed by atoms with Crippen molar-refractivity contribution in [2.75, 3.05) is 41.3 Å². The van der Waals surface area contributed by atoms with Gasteiger partial charge in [-0.25, -0.2) is 8.42 Å².